The van der Waals surface area contributed by atoms with E-state index in [0.717, 1.165) is 51.5 Å². The third-order valence-electron chi connectivity index (χ3n) is 4.33. The van der Waals surface area contributed by atoms with E-state index in [1.54, 1.807) is 0 Å². The van der Waals surface area contributed by atoms with Gasteiger partial charge in [0.15, 0.2) is 0 Å². The molecule has 1 aliphatic carbocycles. The lowest BCUT2D eigenvalue weighted by molar-refractivity contribution is -0.00983. The molecule has 1 aliphatic rings. The number of nitrogens with one attached hydrogen (secondary N) is 1. The van der Waals surface area contributed by atoms with Gasteiger partial charge in [-0.3, -0.25) is 0 Å². The van der Waals surface area contributed by atoms with Crippen LogP contribution in [0.3, 0.4) is 0 Å². The van der Waals surface area contributed by atoms with Gasteiger partial charge in [0.1, 0.15) is 0 Å². The highest BCUT2D eigenvalue weighted by molar-refractivity contribution is 4.86. The molecular weight excluding hydrogens is 238 g/mol. The normalized spacial score (nSPS) is 27.9. The summed E-state index contributed by atoms with van der Waals surface area (Å²) in [5, 5.41) is 13.8. The van der Waals surface area contributed by atoms with Crippen LogP contribution >= 0.6 is 0 Å². The Morgan fingerprint density at radius 1 is 1.26 bits per heavy atom. The molecule has 0 heterocycles. The molecule has 2 N–H and O–H groups in total. The van der Waals surface area contributed by atoms with Crippen LogP contribution in [0.4, 0.5) is 0 Å². The van der Waals surface area contributed by atoms with Crippen LogP contribution < -0.4 is 5.32 Å². The molecule has 0 saturated heterocycles. The summed E-state index contributed by atoms with van der Waals surface area (Å²) in [5.41, 5.74) is -0.469. The maximum atomic E-state index is 10.5. The quantitative estimate of drug-likeness (QED) is 0.634. The molecule has 114 valence electrons. The summed E-state index contributed by atoms with van der Waals surface area (Å²) in [6, 6.07) is 0. The molecule has 0 aromatic carbocycles. The van der Waals surface area contributed by atoms with E-state index in [4.69, 9.17) is 4.74 Å². The average Bonchev–Trinajstić information content (AvgIpc) is 2.38. The van der Waals surface area contributed by atoms with Crippen LogP contribution in [0.25, 0.3) is 0 Å². The Morgan fingerprint density at radius 2 is 1.95 bits per heavy atom. The Hall–Kier alpha value is -0.120. The smallest absolute Gasteiger partial charge is 0.0771 e. The fraction of sp³-hybridized carbons (Fsp3) is 1.00. The summed E-state index contributed by atoms with van der Waals surface area (Å²) >= 11 is 0. The van der Waals surface area contributed by atoms with Crippen LogP contribution in [0.5, 0.6) is 0 Å². The highest BCUT2D eigenvalue weighted by atomic mass is 16.5. The van der Waals surface area contributed by atoms with Crippen molar-refractivity contribution >= 4 is 0 Å². The second-order valence-electron chi connectivity index (χ2n) is 6.55. The van der Waals surface area contributed by atoms with Gasteiger partial charge in [-0.2, -0.15) is 0 Å². The maximum Gasteiger partial charge on any atom is 0.0771 e. The molecule has 0 aromatic rings. The van der Waals surface area contributed by atoms with Gasteiger partial charge in [0.25, 0.3) is 0 Å². The summed E-state index contributed by atoms with van der Waals surface area (Å²) in [4.78, 5) is 0. The molecule has 0 spiro atoms. The van der Waals surface area contributed by atoms with Gasteiger partial charge in [0, 0.05) is 19.7 Å². The average molecular weight is 271 g/mol. The van der Waals surface area contributed by atoms with E-state index in [-0.39, 0.29) is 0 Å². The van der Waals surface area contributed by atoms with E-state index >= 15 is 0 Å². The lowest BCUT2D eigenvalue weighted by Gasteiger charge is -2.36. The molecule has 3 heteroatoms. The lowest BCUT2D eigenvalue weighted by atomic mass is 9.78. The van der Waals surface area contributed by atoms with Crippen molar-refractivity contribution in [3.05, 3.63) is 0 Å². The predicted molar refractivity (Wildman–Crippen MR) is 80.3 cm³/mol. The first-order valence-electron chi connectivity index (χ1n) is 8.06. The van der Waals surface area contributed by atoms with Crippen molar-refractivity contribution in [1.82, 2.24) is 5.32 Å². The van der Waals surface area contributed by atoms with Crippen LogP contribution in [-0.4, -0.2) is 37.0 Å². The fourth-order valence-electron chi connectivity index (χ4n) is 2.69. The van der Waals surface area contributed by atoms with Crippen molar-refractivity contribution in [2.45, 2.75) is 64.9 Å². The molecule has 0 atom stereocenters. The second kappa shape index (κ2) is 8.93. The van der Waals surface area contributed by atoms with Crippen molar-refractivity contribution in [2.75, 3.05) is 26.3 Å². The fourth-order valence-corrected chi connectivity index (χ4v) is 2.69. The molecule has 0 aliphatic heterocycles. The molecule has 1 fully saturated rings. The Labute approximate surface area is 119 Å². The molecule has 1 saturated carbocycles. The number of hydrogen-bond donors (Lipinski definition) is 2. The number of hydrogen-bond acceptors (Lipinski definition) is 3. The summed E-state index contributed by atoms with van der Waals surface area (Å²) in [6.45, 7) is 9.84. The number of aliphatic hydroxyl groups is 1. The Morgan fingerprint density at radius 3 is 2.53 bits per heavy atom. The topological polar surface area (TPSA) is 41.5 Å². The van der Waals surface area contributed by atoms with E-state index in [0.29, 0.717) is 5.92 Å². The van der Waals surface area contributed by atoms with Crippen LogP contribution in [0.2, 0.25) is 0 Å². The van der Waals surface area contributed by atoms with E-state index in [1.807, 2.05) is 0 Å². The van der Waals surface area contributed by atoms with Crippen molar-refractivity contribution in [1.29, 1.82) is 0 Å². The summed E-state index contributed by atoms with van der Waals surface area (Å²) in [5.74, 6) is 1.54. The minimum atomic E-state index is -0.469. The largest absolute Gasteiger partial charge is 0.389 e. The zero-order valence-corrected chi connectivity index (χ0v) is 13.1. The molecule has 19 heavy (non-hydrogen) atoms. The first kappa shape index (κ1) is 16.9. The highest BCUT2D eigenvalue weighted by Gasteiger charge is 2.31. The molecule has 0 unspecified atom stereocenters. The molecular formula is C16H33NO2. The van der Waals surface area contributed by atoms with E-state index < -0.39 is 5.60 Å². The van der Waals surface area contributed by atoms with Crippen LogP contribution in [0.15, 0.2) is 0 Å². The number of ether oxygens (including phenoxy) is 1. The Kier molecular flexibility index (Phi) is 7.96. The lowest BCUT2D eigenvalue weighted by Crippen LogP contribution is -2.44. The minimum Gasteiger partial charge on any atom is -0.389 e. The van der Waals surface area contributed by atoms with E-state index in [1.165, 1.54) is 19.3 Å². The van der Waals surface area contributed by atoms with Gasteiger partial charge in [-0.1, -0.05) is 27.2 Å². The summed E-state index contributed by atoms with van der Waals surface area (Å²) in [6.07, 6.45) is 6.65. The van der Waals surface area contributed by atoms with Crippen molar-refractivity contribution in [3.8, 4) is 0 Å². The monoisotopic (exact) mass is 271 g/mol. The van der Waals surface area contributed by atoms with Crippen LogP contribution in [0, 0.1) is 11.8 Å². The van der Waals surface area contributed by atoms with Crippen LogP contribution in [0.1, 0.15) is 59.3 Å². The van der Waals surface area contributed by atoms with Gasteiger partial charge in [0.2, 0.25) is 0 Å². The van der Waals surface area contributed by atoms with Gasteiger partial charge in [-0.15, -0.1) is 0 Å². The molecule has 0 bridgehead atoms. The zero-order chi connectivity index (χ0) is 14.1. The first-order valence-corrected chi connectivity index (χ1v) is 8.06. The molecule has 1 rings (SSSR count). The zero-order valence-electron chi connectivity index (χ0n) is 13.1. The van der Waals surface area contributed by atoms with Gasteiger partial charge in [-0.05, 0) is 43.9 Å². The third kappa shape index (κ3) is 7.28. The molecule has 3 nitrogen and oxygen atoms in total. The Balaban J connectivity index is 2.00. The molecule has 0 radical (unpaired) electrons. The number of rotatable bonds is 9. The molecule has 0 amide bonds. The van der Waals surface area contributed by atoms with E-state index in [9.17, 15) is 5.11 Å². The van der Waals surface area contributed by atoms with Crippen molar-refractivity contribution < 1.29 is 9.84 Å². The van der Waals surface area contributed by atoms with E-state index in [2.05, 4.69) is 26.1 Å². The van der Waals surface area contributed by atoms with Crippen molar-refractivity contribution in [2.24, 2.45) is 11.8 Å². The van der Waals surface area contributed by atoms with Crippen molar-refractivity contribution in [3.63, 3.8) is 0 Å². The van der Waals surface area contributed by atoms with Gasteiger partial charge in [-0.25, -0.2) is 0 Å². The summed E-state index contributed by atoms with van der Waals surface area (Å²) in [7, 11) is 0. The third-order valence-corrected chi connectivity index (χ3v) is 4.33. The standard InChI is InChI=1S/C16H33NO2/c1-4-15-5-8-16(18,9-6-15)13-17-10-12-19-11-7-14(2)3/h14-15,17-18H,4-13H2,1-3H3. The maximum absolute atomic E-state index is 10.5. The molecule has 0 aromatic heterocycles. The highest BCUT2D eigenvalue weighted by Crippen LogP contribution is 2.33. The van der Waals surface area contributed by atoms with Gasteiger partial charge in [0.05, 0.1) is 12.2 Å². The first-order chi connectivity index (χ1) is 9.06. The van der Waals surface area contributed by atoms with Gasteiger partial charge >= 0.3 is 0 Å². The van der Waals surface area contributed by atoms with Crippen LogP contribution in [-0.2, 0) is 4.74 Å². The Bertz CT molecular complexity index is 223. The minimum absolute atomic E-state index is 0.469. The SMILES string of the molecule is CCC1CCC(O)(CNCCOCCC(C)C)CC1. The second-order valence-corrected chi connectivity index (χ2v) is 6.55. The summed E-state index contributed by atoms with van der Waals surface area (Å²) < 4.78 is 5.56. The predicted octanol–water partition coefficient (Wildman–Crippen LogP) is 2.97. The van der Waals surface area contributed by atoms with Gasteiger partial charge < -0.3 is 15.2 Å².